The third-order valence-electron chi connectivity index (χ3n) is 3.73. The molecule has 1 fully saturated rings. The maximum atomic E-state index is 12.4. The standard InChI is InChI=1S/C15H22N2O4S/c1-16(11-12-21-13-7-4-3-5-8-13)15(18)14-9-6-10-17(14)22(2,19)20/h3-5,7-8,14H,6,9-12H2,1-2H3. The van der Waals surface area contributed by atoms with Gasteiger partial charge < -0.3 is 9.64 Å². The minimum atomic E-state index is -3.34. The molecule has 6 nitrogen and oxygen atoms in total. The van der Waals surface area contributed by atoms with Crippen LogP contribution in [0.3, 0.4) is 0 Å². The SMILES string of the molecule is CN(CCOc1ccccc1)C(=O)C1CCCN1S(C)(=O)=O. The van der Waals surface area contributed by atoms with Crippen LogP contribution < -0.4 is 4.74 Å². The minimum Gasteiger partial charge on any atom is -0.492 e. The number of benzene rings is 1. The summed E-state index contributed by atoms with van der Waals surface area (Å²) in [6, 6.07) is 8.80. The summed E-state index contributed by atoms with van der Waals surface area (Å²) in [7, 11) is -1.66. The highest BCUT2D eigenvalue weighted by Crippen LogP contribution is 2.21. The molecule has 1 heterocycles. The summed E-state index contributed by atoms with van der Waals surface area (Å²) >= 11 is 0. The summed E-state index contributed by atoms with van der Waals surface area (Å²) in [5.41, 5.74) is 0. The molecule has 22 heavy (non-hydrogen) atoms. The van der Waals surface area contributed by atoms with Crippen molar-refractivity contribution in [1.29, 1.82) is 0 Å². The van der Waals surface area contributed by atoms with Crippen molar-refractivity contribution in [2.24, 2.45) is 0 Å². The van der Waals surface area contributed by atoms with Gasteiger partial charge in [0.1, 0.15) is 18.4 Å². The van der Waals surface area contributed by atoms with Crippen molar-refractivity contribution < 1.29 is 17.9 Å². The smallest absolute Gasteiger partial charge is 0.240 e. The Morgan fingerprint density at radius 1 is 1.36 bits per heavy atom. The number of hydrogen-bond donors (Lipinski definition) is 0. The van der Waals surface area contributed by atoms with Gasteiger partial charge in [0, 0.05) is 13.6 Å². The Kier molecular flexibility index (Phi) is 5.42. The lowest BCUT2D eigenvalue weighted by Gasteiger charge is -2.26. The van der Waals surface area contributed by atoms with E-state index < -0.39 is 16.1 Å². The van der Waals surface area contributed by atoms with Crippen LogP contribution in [0.1, 0.15) is 12.8 Å². The Hall–Kier alpha value is -1.60. The van der Waals surface area contributed by atoms with Gasteiger partial charge in [-0.3, -0.25) is 4.79 Å². The van der Waals surface area contributed by atoms with Crippen LogP contribution >= 0.6 is 0 Å². The molecule has 0 aromatic heterocycles. The van der Waals surface area contributed by atoms with Crippen molar-refractivity contribution in [2.75, 3.05) is 33.0 Å². The molecule has 1 aromatic rings. The lowest BCUT2D eigenvalue weighted by atomic mass is 10.2. The predicted octanol–water partition coefficient (Wildman–Crippen LogP) is 0.948. The molecule has 0 bridgehead atoms. The highest BCUT2D eigenvalue weighted by atomic mass is 32.2. The Morgan fingerprint density at radius 2 is 2.05 bits per heavy atom. The summed E-state index contributed by atoms with van der Waals surface area (Å²) < 4.78 is 30.3. The second-order valence-corrected chi connectivity index (χ2v) is 7.39. The quantitative estimate of drug-likeness (QED) is 0.780. The summed E-state index contributed by atoms with van der Waals surface area (Å²) in [5.74, 6) is 0.585. The van der Waals surface area contributed by atoms with Gasteiger partial charge in [-0.15, -0.1) is 0 Å². The van der Waals surface area contributed by atoms with Crippen LogP contribution in [-0.2, 0) is 14.8 Å². The molecule has 0 saturated carbocycles. The molecular formula is C15H22N2O4S. The molecule has 1 atom stereocenters. The molecule has 1 aromatic carbocycles. The highest BCUT2D eigenvalue weighted by molar-refractivity contribution is 7.88. The molecular weight excluding hydrogens is 304 g/mol. The first-order valence-corrected chi connectivity index (χ1v) is 9.14. The molecule has 1 unspecified atom stereocenters. The van der Waals surface area contributed by atoms with E-state index in [2.05, 4.69) is 0 Å². The average Bonchev–Trinajstić information content (AvgIpc) is 2.97. The van der Waals surface area contributed by atoms with Gasteiger partial charge in [-0.25, -0.2) is 8.42 Å². The molecule has 1 saturated heterocycles. The zero-order valence-electron chi connectivity index (χ0n) is 12.9. The Morgan fingerprint density at radius 3 is 2.68 bits per heavy atom. The molecule has 0 aliphatic carbocycles. The van der Waals surface area contributed by atoms with Crippen molar-refractivity contribution in [2.45, 2.75) is 18.9 Å². The fraction of sp³-hybridized carbons (Fsp3) is 0.533. The second kappa shape index (κ2) is 7.11. The Balaban J connectivity index is 1.86. The van der Waals surface area contributed by atoms with E-state index in [1.54, 1.807) is 7.05 Å². The number of ether oxygens (including phenoxy) is 1. The van der Waals surface area contributed by atoms with E-state index in [4.69, 9.17) is 4.74 Å². The van der Waals surface area contributed by atoms with Crippen LogP contribution in [0, 0.1) is 0 Å². The van der Waals surface area contributed by atoms with Crippen molar-refractivity contribution in [1.82, 2.24) is 9.21 Å². The lowest BCUT2D eigenvalue weighted by Crippen LogP contribution is -2.47. The first-order valence-electron chi connectivity index (χ1n) is 7.29. The van der Waals surface area contributed by atoms with Gasteiger partial charge in [0.05, 0.1) is 12.8 Å². The summed E-state index contributed by atoms with van der Waals surface area (Å²) in [6.45, 7) is 1.21. The van der Waals surface area contributed by atoms with E-state index in [1.807, 2.05) is 30.3 Å². The highest BCUT2D eigenvalue weighted by Gasteiger charge is 2.37. The van der Waals surface area contributed by atoms with Gasteiger partial charge in [-0.05, 0) is 25.0 Å². The number of hydrogen-bond acceptors (Lipinski definition) is 4. The van der Waals surface area contributed by atoms with Crippen molar-refractivity contribution >= 4 is 15.9 Å². The van der Waals surface area contributed by atoms with Crippen molar-refractivity contribution in [3.63, 3.8) is 0 Å². The molecule has 1 aliphatic rings. The second-order valence-electron chi connectivity index (χ2n) is 5.45. The largest absolute Gasteiger partial charge is 0.492 e. The average molecular weight is 326 g/mol. The first kappa shape index (κ1) is 16.8. The molecule has 7 heteroatoms. The van der Waals surface area contributed by atoms with Crippen LogP contribution in [-0.4, -0.2) is 62.6 Å². The lowest BCUT2D eigenvalue weighted by molar-refractivity contribution is -0.133. The van der Waals surface area contributed by atoms with Gasteiger partial charge in [-0.1, -0.05) is 18.2 Å². The number of sulfonamides is 1. The molecule has 0 radical (unpaired) electrons. The van der Waals surface area contributed by atoms with Gasteiger partial charge >= 0.3 is 0 Å². The van der Waals surface area contributed by atoms with Crippen LogP contribution in [0.4, 0.5) is 0 Å². The Bertz CT molecular complexity index is 603. The van der Waals surface area contributed by atoms with E-state index in [-0.39, 0.29) is 5.91 Å². The molecule has 122 valence electrons. The summed E-state index contributed by atoms with van der Waals surface area (Å²) in [5, 5.41) is 0. The third kappa shape index (κ3) is 4.20. The topological polar surface area (TPSA) is 66.9 Å². The zero-order chi connectivity index (χ0) is 16.2. The van der Waals surface area contributed by atoms with E-state index in [1.165, 1.54) is 9.21 Å². The van der Waals surface area contributed by atoms with Crippen molar-refractivity contribution in [3.05, 3.63) is 30.3 Å². The monoisotopic (exact) mass is 326 g/mol. The number of para-hydroxylation sites is 1. The van der Waals surface area contributed by atoms with Crippen LogP contribution in [0.15, 0.2) is 30.3 Å². The first-order chi connectivity index (χ1) is 10.4. The van der Waals surface area contributed by atoms with Gasteiger partial charge in [0.25, 0.3) is 0 Å². The molecule has 1 amide bonds. The Labute approximate surface area is 131 Å². The van der Waals surface area contributed by atoms with E-state index in [9.17, 15) is 13.2 Å². The van der Waals surface area contributed by atoms with Crippen LogP contribution in [0.5, 0.6) is 5.75 Å². The number of carbonyl (C=O) groups is 1. The maximum absolute atomic E-state index is 12.4. The summed E-state index contributed by atoms with van der Waals surface area (Å²) in [6.07, 6.45) is 2.45. The third-order valence-corrected chi connectivity index (χ3v) is 5.02. The van der Waals surface area contributed by atoms with Gasteiger partial charge in [0.2, 0.25) is 15.9 Å². The summed E-state index contributed by atoms with van der Waals surface area (Å²) in [4.78, 5) is 13.9. The zero-order valence-corrected chi connectivity index (χ0v) is 13.8. The molecule has 1 aliphatic heterocycles. The predicted molar refractivity (Wildman–Crippen MR) is 84.1 cm³/mol. The number of amides is 1. The number of carbonyl (C=O) groups excluding carboxylic acids is 1. The number of rotatable bonds is 6. The van der Waals surface area contributed by atoms with E-state index >= 15 is 0 Å². The normalized spacial score (nSPS) is 19.1. The molecule has 2 rings (SSSR count). The number of nitrogens with zero attached hydrogens (tertiary/aromatic N) is 2. The van der Waals surface area contributed by atoms with Crippen LogP contribution in [0.2, 0.25) is 0 Å². The fourth-order valence-corrected chi connectivity index (χ4v) is 3.68. The minimum absolute atomic E-state index is 0.167. The molecule has 0 spiro atoms. The van der Waals surface area contributed by atoms with Crippen molar-refractivity contribution in [3.8, 4) is 5.75 Å². The maximum Gasteiger partial charge on any atom is 0.240 e. The van der Waals surface area contributed by atoms with E-state index in [0.717, 1.165) is 18.4 Å². The number of likely N-dealkylation sites (N-methyl/N-ethyl adjacent to an activating group) is 1. The van der Waals surface area contributed by atoms with Gasteiger partial charge in [0.15, 0.2) is 0 Å². The van der Waals surface area contributed by atoms with Crippen LogP contribution in [0.25, 0.3) is 0 Å². The fourth-order valence-electron chi connectivity index (χ4n) is 2.57. The van der Waals surface area contributed by atoms with Gasteiger partial charge in [-0.2, -0.15) is 4.31 Å². The molecule has 0 N–H and O–H groups in total. The van der Waals surface area contributed by atoms with E-state index in [0.29, 0.717) is 26.1 Å².